The van der Waals surface area contributed by atoms with Gasteiger partial charge in [-0.25, -0.2) is 0 Å². The average Bonchev–Trinajstić information content (AvgIpc) is 2.17. The molecule has 0 unspecified atom stereocenters. The van der Waals surface area contributed by atoms with Crippen LogP contribution in [0.1, 0.15) is 5.56 Å². The molecular weight excluding hydrogens is 160 g/mol. The maximum Gasteiger partial charge on any atom is 0.0998 e. The summed E-state index contributed by atoms with van der Waals surface area (Å²) in [7, 11) is 0. The highest BCUT2D eigenvalue weighted by Gasteiger charge is 2.01. The van der Waals surface area contributed by atoms with E-state index in [9.17, 15) is 0 Å². The zero-order chi connectivity index (χ0) is 9.26. The van der Waals surface area contributed by atoms with Gasteiger partial charge in [0, 0.05) is 11.1 Å². The van der Waals surface area contributed by atoms with Gasteiger partial charge in [-0.1, -0.05) is 24.3 Å². The second-order valence-electron chi connectivity index (χ2n) is 2.86. The van der Waals surface area contributed by atoms with Crippen molar-refractivity contribution in [2.24, 2.45) is 0 Å². The van der Waals surface area contributed by atoms with Gasteiger partial charge in [-0.2, -0.15) is 5.26 Å². The molecule has 62 valence electrons. The molecule has 0 heterocycles. The lowest BCUT2D eigenvalue weighted by Gasteiger charge is -2.02. The van der Waals surface area contributed by atoms with E-state index in [-0.39, 0.29) is 0 Å². The van der Waals surface area contributed by atoms with E-state index >= 15 is 0 Å². The van der Waals surface area contributed by atoms with Gasteiger partial charge in [-0.15, -0.1) is 0 Å². The third-order valence-corrected chi connectivity index (χ3v) is 2.06. The minimum absolute atomic E-state index is 0.635. The average molecular weight is 168 g/mol. The van der Waals surface area contributed by atoms with Crippen LogP contribution in [-0.4, -0.2) is 0 Å². The number of hydrogen-bond donors (Lipinski definition) is 1. The molecule has 2 N–H and O–H groups in total. The van der Waals surface area contributed by atoms with Crippen molar-refractivity contribution in [1.82, 2.24) is 0 Å². The number of hydrogen-bond acceptors (Lipinski definition) is 2. The summed E-state index contributed by atoms with van der Waals surface area (Å²) in [6.07, 6.45) is 0. The first-order chi connectivity index (χ1) is 6.33. The molecule has 0 radical (unpaired) electrons. The molecule has 0 atom stereocenters. The second-order valence-corrected chi connectivity index (χ2v) is 2.86. The zero-order valence-electron chi connectivity index (χ0n) is 6.99. The zero-order valence-corrected chi connectivity index (χ0v) is 6.99. The quantitative estimate of drug-likeness (QED) is 0.613. The van der Waals surface area contributed by atoms with E-state index < -0.39 is 0 Å². The molecular formula is C11H8N2. The monoisotopic (exact) mass is 168 g/mol. The van der Waals surface area contributed by atoms with Crippen LogP contribution in [0.5, 0.6) is 0 Å². The minimum Gasteiger partial charge on any atom is -0.398 e. The van der Waals surface area contributed by atoms with Gasteiger partial charge < -0.3 is 5.73 Å². The van der Waals surface area contributed by atoms with Gasteiger partial charge in [0.25, 0.3) is 0 Å². The first-order valence-electron chi connectivity index (χ1n) is 4.00. The third-order valence-electron chi connectivity index (χ3n) is 2.06. The Bertz CT molecular complexity index is 490. The van der Waals surface area contributed by atoms with Crippen LogP contribution in [0.3, 0.4) is 0 Å². The number of nitrogen functional groups attached to an aromatic ring is 1. The van der Waals surface area contributed by atoms with E-state index in [1.54, 1.807) is 6.07 Å². The largest absolute Gasteiger partial charge is 0.398 e. The molecule has 0 bridgehead atoms. The molecule has 2 aromatic carbocycles. The van der Waals surface area contributed by atoms with Crippen LogP contribution in [-0.2, 0) is 0 Å². The Morgan fingerprint density at radius 1 is 1.08 bits per heavy atom. The normalized spacial score (nSPS) is 9.77. The lowest BCUT2D eigenvalue weighted by molar-refractivity contribution is 1.50. The molecule has 2 rings (SSSR count). The van der Waals surface area contributed by atoms with E-state index in [0.717, 1.165) is 10.8 Å². The smallest absolute Gasteiger partial charge is 0.0998 e. The molecule has 2 aromatic rings. The van der Waals surface area contributed by atoms with Gasteiger partial charge in [-0.05, 0) is 17.5 Å². The number of rotatable bonds is 0. The summed E-state index contributed by atoms with van der Waals surface area (Å²) < 4.78 is 0. The van der Waals surface area contributed by atoms with Gasteiger partial charge in [0.1, 0.15) is 0 Å². The number of fused-ring (bicyclic) bond motifs is 1. The lowest BCUT2D eigenvalue weighted by Crippen LogP contribution is -1.88. The molecule has 0 spiro atoms. The summed E-state index contributed by atoms with van der Waals surface area (Å²) in [4.78, 5) is 0. The molecule has 0 saturated heterocycles. The van der Waals surface area contributed by atoms with Crippen LogP contribution < -0.4 is 5.73 Å². The van der Waals surface area contributed by atoms with Crippen molar-refractivity contribution in [2.45, 2.75) is 0 Å². The minimum atomic E-state index is 0.635. The van der Waals surface area contributed by atoms with E-state index in [0.29, 0.717) is 11.3 Å². The number of nitriles is 1. The number of nitrogens with zero attached hydrogens (tertiary/aromatic N) is 1. The van der Waals surface area contributed by atoms with Gasteiger partial charge in [-0.3, -0.25) is 0 Å². The van der Waals surface area contributed by atoms with Crippen LogP contribution in [0.4, 0.5) is 5.69 Å². The maximum absolute atomic E-state index is 8.85. The summed E-state index contributed by atoms with van der Waals surface area (Å²) in [5, 5.41) is 10.7. The Morgan fingerprint density at radius 3 is 2.46 bits per heavy atom. The van der Waals surface area contributed by atoms with Crippen molar-refractivity contribution in [3.63, 3.8) is 0 Å². The van der Waals surface area contributed by atoms with Crippen molar-refractivity contribution in [2.75, 3.05) is 5.73 Å². The third kappa shape index (κ3) is 1.11. The first kappa shape index (κ1) is 7.63. The molecule has 0 aliphatic carbocycles. The summed E-state index contributed by atoms with van der Waals surface area (Å²) in [6, 6.07) is 13.4. The van der Waals surface area contributed by atoms with Crippen LogP contribution in [0, 0.1) is 11.3 Å². The van der Waals surface area contributed by atoms with Crippen molar-refractivity contribution in [3.8, 4) is 6.07 Å². The van der Waals surface area contributed by atoms with Crippen molar-refractivity contribution in [3.05, 3.63) is 42.0 Å². The highest BCUT2D eigenvalue weighted by molar-refractivity contribution is 5.97. The molecule has 0 fully saturated rings. The Kier molecular flexibility index (Phi) is 1.64. The van der Waals surface area contributed by atoms with Gasteiger partial charge in [0.05, 0.1) is 11.6 Å². The topological polar surface area (TPSA) is 49.8 Å². The SMILES string of the molecule is N#Cc1cccc2cccc(N)c12. The second kappa shape index (κ2) is 2.80. The number of benzene rings is 2. The Balaban J connectivity index is 2.97. The maximum atomic E-state index is 8.85. The molecule has 0 saturated carbocycles. The first-order valence-corrected chi connectivity index (χ1v) is 4.00. The van der Waals surface area contributed by atoms with Crippen LogP contribution in [0.25, 0.3) is 10.8 Å². The fourth-order valence-electron chi connectivity index (χ4n) is 1.46. The van der Waals surface area contributed by atoms with E-state index in [4.69, 9.17) is 11.0 Å². The summed E-state index contributed by atoms with van der Waals surface area (Å²) in [6.45, 7) is 0. The van der Waals surface area contributed by atoms with Crippen LogP contribution >= 0.6 is 0 Å². The Hall–Kier alpha value is -2.01. The van der Waals surface area contributed by atoms with Gasteiger partial charge in [0.2, 0.25) is 0 Å². The Labute approximate surface area is 76.2 Å². The van der Waals surface area contributed by atoms with Gasteiger partial charge >= 0.3 is 0 Å². The Morgan fingerprint density at radius 2 is 1.77 bits per heavy atom. The predicted octanol–water partition coefficient (Wildman–Crippen LogP) is 2.29. The molecule has 0 aromatic heterocycles. The van der Waals surface area contributed by atoms with Crippen LogP contribution in [0.15, 0.2) is 36.4 Å². The molecule has 0 aliphatic heterocycles. The fourth-order valence-corrected chi connectivity index (χ4v) is 1.46. The fraction of sp³-hybridized carbons (Fsp3) is 0. The number of anilines is 1. The van der Waals surface area contributed by atoms with Crippen molar-refractivity contribution in [1.29, 1.82) is 5.26 Å². The predicted molar refractivity (Wildman–Crippen MR) is 53.1 cm³/mol. The molecule has 0 aliphatic rings. The van der Waals surface area contributed by atoms with E-state index in [1.807, 2.05) is 30.3 Å². The highest BCUT2D eigenvalue weighted by Crippen LogP contribution is 2.23. The molecule has 0 amide bonds. The van der Waals surface area contributed by atoms with Crippen LogP contribution in [0.2, 0.25) is 0 Å². The van der Waals surface area contributed by atoms with Crippen molar-refractivity contribution >= 4 is 16.5 Å². The highest BCUT2D eigenvalue weighted by atomic mass is 14.5. The molecule has 13 heavy (non-hydrogen) atoms. The van der Waals surface area contributed by atoms with E-state index in [1.165, 1.54) is 0 Å². The van der Waals surface area contributed by atoms with Gasteiger partial charge in [0.15, 0.2) is 0 Å². The summed E-state index contributed by atoms with van der Waals surface area (Å²) >= 11 is 0. The molecule has 2 nitrogen and oxygen atoms in total. The standard InChI is InChI=1S/C11H8N2/c12-7-9-5-1-3-8-4-2-6-10(13)11(8)9/h1-6H,13H2. The summed E-state index contributed by atoms with van der Waals surface area (Å²) in [5.41, 5.74) is 7.08. The lowest BCUT2D eigenvalue weighted by atomic mass is 10.0. The summed E-state index contributed by atoms with van der Waals surface area (Å²) in [5.74, 6) is 0. The van der Waals surface area contributed by atoms with E-state index in [2.05, 4.69) is 6.07 Å². The number of nitrogens with two attached hydrogens (primary N) is 1. The molecule has 2 heteroatoms. The van der Waals surface area contributed by atoms with Crippen molar-refractivity contribution < 1.29 is 0 Å².